The third-order valence-corrected chi connectivity index (χ3v) is 4.58. The Morgan fingerprint density at radius 3 is 2.14 bits per heavy atom. The summed E-state index contributed by atoms with van der Waals surface area (Å²) in [5.74, 6) is 0. The highest BCUT2D eigenvalue weighted by atomic mass is 14.9. The Bertz CT molecular complexity index is 530. The van der Waals surface area contributed by atoms with Crippen LogP contribution >= 0.6 is 0 Å². The van der Waals surface area contributed by atoms with Gasteiger partial charge in [-0.15, -0.1) is 0 Å². The van der Waals surface area contributed by atoms with Crippen LogP contribution in [0.3, 0.4) is 0 Å². The van der Waals surface area contributed by atoms with E-state index >= 15 is 0 Å². The average Bonchev–Trinajstić information content (AvgIpc) is 2.58. The van der Waals surface area contributed by atoms with E-state index < -0.39 is 0 Å². The second-order valence-electron chi connectivity index (χ2n) is 5.99. The highest BCUT2D eigenvalue weighted by Crippen LogP contribution is 2.32. The molecular formula is C19H24N2. The zero-order chi connectivity index (χ0) is 14.4. The van der Waals surface area contributed by atoms with Gasteiger partial charge in [0.1, 0.15) is 0 Å². The van der Waals surface area contributed by atoms with Crippen LogP contribution in [0.15, 0.2) is 60.7 Å². The minimum Gasteiger partial charge on any atom is -0.317 e. The average molecular weight is 280 g/mol. The molecule has 1 saturated heterocycles. The Hall–Kier alpha value is -1.64. The lowest BCUT2D eigenvalue weighted by molar-refractivity contribution is 0.293. The quantitative estimate of drug-likeness (QED) is 0.879. The van der Waals surface area contributed by atoms with Gasteiger partial charge in [-0.25, -0.2) is 0 Å². The molecule has 0 amide bonds. The molecule has 1 fully saturated rings. The topological polar surface area (TPSA) is 24.1 Å². The van der Waals surface area contributed by atoms with Crippen molar-refractivity contribution in [2.75, 3.05) is 19.6 Å². The fourth-order valence-corrected chi connectivity index (χ4v) is 3.31. The molecule has 2 heteroatoms. The van der Waals surface area contributed by atoms with Crippen LogP contribution < -0.4 is 10.6 Å². The van der Waals surface area contributed by atoms with E-state index in [1.54, 1.807) is 0 Å². The van der Waals surface area contributed by atoms with Crippen molar-refractivity contribution in [1.82, 2.24) is 10.6 Å². The van der Waals surface area contributed by atoms with Crippen molar-refractivity contribution in [1.29, 1.82) is 0 Å². The van der Waals surface area contributed by atoms with Gasteiger partial charge in [0.25, 0.3) is 0 Å². The summed E-state index contributed by atoms with van der Waals surface area (Å²) >= 11 is 0. The van der Waals surface area contributed by atoms with Gasteiger partial charge in [0.15, 0.2) is 0 Å². The lowest BCUT2D eigenvalue weighted by atomic mass is 9.73. The fraction of sp³-hybridized carbons (Fsp3) is 0.368. The second kappa shape index (κ2) is 6.88. The molecule has 1 aliphatic heterocycles. The number of hydrogen-bond acceptors (Lipinski definition) is 2. The molecule has 0 saturated carbocycles. The van der Waals surface area contributed by atoms with E-state index in [4.69, 9.17) is 0 Å². The number of rotatable bonds is 5. The van der Waals surface area contributed by atoms with Gasteiger partial charge in [0, 0.05) is 18.5 Å². The molecule has 1 aliphatic rings. The first-order chi connectivity index (χ1) is 10.4. The van der Waals surface area contributed by atoms with Crippen molar-refractivity contribution in [3.63, 3.8) is 0 Å². The smallest absolute Gasteiger partial charge is 0.0205 e. The van der Waals surface area contributed by atoms with Crippen LogP contribution in [-0.4, -0.2) is 19.6 Å². The molecular weight excluding hydrogens is 256 g/mol. The first kappa shape index (κ1) is 14.3. The summed E-state index contributed by atoms with van der Waals surface area (Å²) in [6.45, 7) is 4.22. The van der Waals surface area contributed by atoms with Crippen molar-refractivity contribution < 1.29 is 0 Å². The van der Waals surface area contributed by atoms with E-state index in [-0.39, 0.29) is 5.41 Å². The molecule has 2 N–H and O–H groups in total. The summed E-state index contributed by atoms with van der Waals surface area (Å²) in [5.41, 5.74) is 3.11. The van der Waals surface area contributed by atoms with Crippen LogP contribution in [-0.2, 0) is 12.0 Å². The number of hydrogen-bond donors (Lipinski definition) is 2. The predicted octanol–water partition coefficient (Wildman–Crippen LogP) is 3.10. The fourth-order valence-electron chi connectivity index (χ4n) is 3.31. The van der Waals surface area contributed by atoms with Gasteiger partial charge in [-0.2, -0.15) is 0 Å². The van der Waals surface area contributed by atoms with E-state index in [9.17, 15) is 0 Å². The molecule has 0 atom stereocenters. The number of nitrogens with one attached hydrogen (secondary N) is 2. The molecule has 0 aromatic heterocycles. The molecule has 2 aromatic rings. The lowest BCUT2D eigenvalue weighted by Crippen LogP contribution is -2.46. The Labute approximate surface area is 127 Å². The summed E-state index contributed by atoms with van der Waals surface area (Å²) in [6.07, 6.45) is 2.41. The molecule has 0 aliphatic carbocycles. The minimum absolute atomic E-state index is 0.279. The summed E-state index contributed by atoms with van der Waals surface area (Å²) < 4.78 is 0. The third kappa shape index (κ3) is 3.52. The van der Waals surface area contributed by atoms with E-state index in [1.165, 1.54) is 24.0 Å². The second-order valence-corrected chi connectivity index (χ2v) is 5.99. The summed E-state index contributed by atoms with van der Waals surface area (Å²) in [5, 5.41) is 7.17. The van der Waals surface area contributed by atoms with E-state index in [0.717, 1.165) is 26.2 Å². The molecule has 0 spiro atoms. The minimum atomic E-state index is 0.279. The Morgan fingerprint density at radius 2 is 1.48 bits per heavy atom. The number of piperidine rings is 1. The standard InChI is InChI=1S/C19H24N2/c1-3-7-17(8-4-1)15-21-16-19(11-13-20-14-12-19)18-9-5-2-6-10-18/h1-10,20-21H,11-16H2. The molecule has 0 unspecified atom stereocenters. The van der Waals surface area contributed by atoms with Gasteiger partial charge in [-0.05, 0) is 37.1 Å². The summed E-state index contributed by atoms with van der Waals surface area (Å²) in [4.78, 5) is 0. The summed E-state index contributed by atoms with van der Waals surface area (Å²) in [7, 11) is 0. The Kier molecular flexibility index (Phi) is 4.69. The monoisotopic (exact) mass is 280 g/mol. The lowest BCUT2D eigenvalue weighted by Gasteiger charge is -2.38. The Balaban J connectivity index is 1.68. The van der Waals surface area contributed by atoms with Crippen LogP contribution in [0.25, 0.3) is 0 Å². The highest BCUT2D eigenvalue weighted by Gasteiger charge is 2.33. The molecule has 110 valence electrons. The van der Waals surface area contributed by atoms with E-state index in [0.29, 0.717) is 0 Å². The maximum absolute atomic E-state index is 3.68. The first-order valence-electron chi connectivity index (χ1n) is 7.90. The van der Waals surface area contributed by atoms with E-state index in [2.05, 4.69) is 71.3 Å². The van der Waals surface area contributed by atoms with Crippen LogP contribution in [0.4, 0.5) is 0 Å². The predicted molar refractivity (Wildman–Crippen MR) is 88.4 cm³/mol. The van der Waals surface area contributed by atoms with Crippen LogP contribution in [0.2, 0.25) is 0 Å². The number of benzene rings is 2. The molecule has 3 rings (SSSR count). The van der Waals surface area contributed by atoms with Gasteiger partial charge >= 0.3 is 0 Å². The van der Waals surface area contributed by atoms with Crippen LogP contribution in [0.1, 0.15) is 24.0 Å². The van der Waals surface area contributed by atoms with Crippen molar-refractivity contribution in [2.24, 2.45) is 0 Å². The maximum atomic E-state index is 3.68. The van der Waals surface area contributed by atoms with Gasteiger partial charge in [0.05, 0.1) is 0 Å². The highest BCUT2D eigenvalue weighted by molar-refractivity contribution is 5.27. The van der Waals surface area contributed by atoms with Gasteiger partial charge in [0.2, 0.25) is 0 Å². The molecule has 0 radical (unpaired) electrons. The molecule has 2 nitrogen and oxygen atoms in total. The molecule has 0 bridgehead atoms. The molecule has 2 aromatic carbocycles. The Morgan fingerprint density at radius 1 is 0.857 bits per heavy atom. The zero-order valence-electron chi connectivity index (χ0n) is 12.5. The molecule has 21 heavy (non-hydrogen) atoms. The van der Waals surface area contributed by atoms with Gasteiger partial charge < -0.3 is 10.6 Å². The van der Waals surface area contributed by atoms with Crippen molar-refractivity contribution in [2.45, 2.75) is 24.8 Å². The maximum Gasteiger partial charge on any atom is 0.0205 e. The van der Waals surface area contributed by atoms with E-state index in [1.807, 2.05) is 0 Å². The van der Waals surface area contributed by atoms with Crippen molar-refractivity contribution in [3.05, 3.63) is 71.8 Å². The van der Waals surface area contributed by atoms with Crippen molar-refractivity contribution >= 4 is 0 Å². The van der Waals surface area contributed by atoms with Gasteiger partial charge in [-0.1, -0.05) is 60.7 Å². The SMILES string of the molecule is c1ccc(CNCC2(c3ccccc3)CCNCC2)cc1. The largest absolute Gasteiger partial charge is 0.317 e. The molecule has 1 heterocycles. The van der Waals surface area contributed by atoms with Gasteiger partial charge in [-0.3, -0.25) is 0 Å². The third-order valence-electron chi connectivity index (χ3n) is 4.58. The van der Waals surface area contributed by atoms with Crippen LogP contribution in [0.5, 0.6) is 0 Å². The van der Waals surface area contributed by atoms with Crippen molar-refractivity contribution in [3.8, 4) is 0 Å². The normalized spacial score (nSPS) is 17.5. The summed E-state index contributed by atoms with van der Waals surface area (Å²) in [6, 6.07) is 21.7. The first-order valence-corrected chi connectivity index (χ1v) is 7.90. The zero-order valence-corrected chi connectivity index (χ0v) is 12.5. The van der Waals surface area contributed by atoms with Crippen LogP contribution in [0, 0.1) is 0 Å².